The Morgan fingerprint density at radius 2 is 1.66 bits per heavy atom. The Bertz CT molecular complexity index is 1150. The fourth-order valence-electron chi connectivity index (χ4n) is 4.61. The number of rotatable bonds is 8. The molecule has 0 aromatic heterocycles. The van der Waals surface area contributed by atoms with Crippen LogP contribution in [0.5, 0.6) is 23.0 Å². The van der Waals surface area contributed by atoms with Crippen molar-refractivity contribution < 1.29 is 23.3 Å². The molecule has 1 fully saturated rings. The summed E-state index contributed by atoms with van der Waals surface area (Å²) in [6.07, 6.45) is 0.643. The van der Waals surface area contributed by atoms with Crippen molar-refractivity contribution in [3.05, 3.63) is 77.6 Å². The van der Waals surface area contributed by atoms with Gasteiger partial charge in [0, 0.05) is 44.8 Å². The monoisotopic (exact) mass is 478 g/mol. The van der Waals surface area contributed by atoms with Gasteiger partial charge in [-0.25, -0.2) is 4.39 Å². The van der Waals surface area contributed by atoms with Crippen LogP contribution in [0.4, 0.5) is 10.1 Å². The van der Waals surface area contributed by atoms with Gasteiger partial charge in [0.15, 0.2) is 23.0 Å². The summed E-state index contributed by atoms with van der Waals surface area (Å²) < 4.78 is 36.5. The van der Waals surface area contributed by atoms with E-state index in [1.165, 1.54) is 12.1 Å². The van der Waals surface area contributed by atoms with Crippen LogP contribution < -0.4 is 23.8 Å². The van der Waals surface area contributed by atoms with Crippen molar-refractivity contribution >= 4 is 5.69 Å². The normalized spacial score (nSPS) is 16.3. The Morgan fingerprint density at radius 1 is 0.886 bits per heavy atom. The van der Waals surface area contributed by atoms with Crippen LogP contribution in [0.15, 0.2) is 60.7 Å². The number of benzene rings is 3. The zero-order chi connectivity index (χ0) is 24.2. The molecule has 5 rings (SSSR count). The van der Waals surface area contributed by atoms with Gasteiger partial charge in [0.25, 0.3) is 0 Å². The van der Waals surface area contributed by atoms with Gasteiger partial charge in [-0.1, -0.05) is 12.1 Å². The molecule has 1 atom stereocenters. The Labute approximate surface area is 205 Å². The maximum atomic E-state index is 13.3. The molecule has 35 heavy (non-hydrogen) atoms. The molecule has 2 heterocycles. The third-order valence-electron chi connectivity index (χ3n) is 6.63. The maximum Gasteiger partial charge on any atom is 0.231 e. The molecule has 184 valence electrons. The lowest BCUT2D eigenvalue weighted by Gasteiger charge is -2.36. The molecule has 0 bridgehead atoms. The molecule has 1 saturated heterocycles. The molecular weight excluding hydrogens is 447 g/mol. The lowest BCUT2D eigenvalue weighted by Crippen LogP contribution is -2.46. The number of ether oxygens (including phenoxy) is 4. The number of halogens is 1. The number of hydrogen-bond donors (Lipinski definition) is 0. The topological polar surface area (TPSA) is 43.4 Å². The van der Waals surface area contributed by atoms with E-state index in [2.05, 4.69) is 9.80 Å². The average Bonchev–Trinajstić information content (AvgIpc) is 3.36. The van der Waals surface area contributed by atoms with Crippen LogP contribution >= 0.6 is 0 Å². The first kappa shape index (κ1) is 23.3. The third kappa shape index (κ3) is 5.46. The van der Waals surface area contributed by atoms with Crippen molar-refractivity contribution in [3.8, 4) is 23.0 Å². The minimum atomic E-state index is -0.202. The predicted octanol–water partition coefficient (Wildman–Crippen LogP) is 5.20. The van der Waals surface area contributed by atoms with Gasteiger partial charge in [-0.2, -0.15) is 0 Å². The molecule has 0 amide bonds. The van der Waals surface area contributed by atoms with Crippen LogP contribution in [0.3, 0.4) is 0 Å². The fourth-order valence-corrected chi connectivity index (χ4v) is 4.61. The maximum absolute atomic E-state index is 13.3. The lowest BCUT2D eigenvalue weighted by molar-refractivity contribution is 0.155. The van der Waals surface area contributed by atoms with E-state index < -0.39 is 0 Å². The summed E-state index contributed by atoms with van der Waals surface area (Å²) in [6, 6.07) is 18.7. The minimum Gasteiger partial charge on any atom is -0.493 e. The SMILES string of the molecule is COc1cc(C)ccc1OC(CCN1CCN(c2ccc(F)cc2)CC1)c1ccc2c(c1)OCO2. The number of nitrogens with zero attached hydrogens (tertiary/aromatic N) is 2. The molecule has 2 aliphatic rings. The second kappa shape index (κ2) is 10.4. The van der Waals surface area contributed by atoms with E-state index in [0.29, 0.717) is 0 Å². The number of piperazine rings is 1. The standard InChI is InChI=1S/C28H31FN2O4/c1-20-3-9-26(27(17-20)32-2)35-24(21-4-10-25-28(18-21)34-19-33-25)11-12-30-13-15-31(16-14-30)23-7-5-22(29)6-8-23/h3-10,17-18,24H,11-16,19H2,1-2H3. The Morgan fingerprint density at radius 3 is 2.43 bits per heavy atom. The highest BCUT2D eigenvalue weighted by molar-refractivity contribution is 5.47. The zero-order valence-electron chi connectivity index (χ0n) is 20.2. The van der Waals surface area contributed by atoms with E-state index in [1.807, 2.05) is 55.5 Å². The summed E-state index contributed by atoms with van der Waals surface area (Å²) in [7, 11) is 1.66. The van der Waals surface area contributed by atoms with E-state index >= 15 is 0 Å². The van der Waals surface area contributed by atoms with Crippen molar-refractivity contribution in [2.24, 2.45) is 0 Å². The zero-order valence-corrected chi connectivity index (χ0v) is 20.2. The first-order valence-corrected chi connectivity index (χ1v) is 12.0. The summed E-state index contributed by atoms with van der Waals surface area (Å²) in [6.45, 7) is 6.88. The third-order valence-corrected chi connectivity index (χ3v) is 6.63. The van der Waals surface area contributed by atoms with E-state index in [9.17, 15) is 4.39 Å². The first-order chi connectivity index (χ1) is 17.1. The number of methoxy groups -OCH3 is 1. The molecule has 0 saturated carbocycles. The number of aryl methyl sites for hydroxylation is 1. The van der Waals surface area contributed by atoms with Gasteiger partial charge in [0.05, 0.1) is 7.11 Å². The average molecular weight is 479 g/mol. The highest BCUT2D eigenvalue weighted by Crippen LogP contribution is 2.38. The van der Waals surface area contributed by atoms with Crippen LogP contribution in [0.25, 0.3) is 0 Å². The molecule has 0 spiro atoms. The molecule has 2 aliphatic heterocycles. The number of anilines is 1. The minimum absolute atomic E-state index is 0.170. The highest BCUT2D eigenvalue weighted by Gasteiger charge is 2.23. The molecule has 3 aromatic carbocycles. The molecule has 7 heteroatoms. The second-order valence-corrected chi connectivity index (χ2v) is 8.97. The lowest BCUT2D eigenvalue weighted by atomic mass is 10.0. The quantitative estimate of drug-likeness (QED) is 0.443. The van der Waals surface area contributed by atoms with Crippen LogP contribution in [0, 0.1) is 12.7 Å². The Hall–Kier alpha value is -3.45. The molecule has 1 unspecified atom stereocenters. The van der Waals surface area contributed by atoms with E-state index in [1.54, 1.807) is 7.11 Å². The molecular formula is C28H31FN2O4. The highest BCUT2D eigenvalue weighted by atomic mass is 19.1. The predicted molar refractivity (Wildman–Crippen MR) is 133 cm³/mol. The van der Waals surface area contributed by atoms with E-state index in [-0.39, 0.29) is 18.7 Å². The van der Waals surface area contributed by atoms with Crippen molar-refractivity contribution in [1.29, 1.82) is 0 Å². The smallest absolute Gasteiger partial charge is 0.231 e. The van der Waals surface area contributed by atoms with Gasteiger partial charge < -0.3 is 23.8 Å². The largest absolute Gasteiger partial charge is 0.493 e. The molecule has 0 N–H and O–H groups in total. The van der Waals surface area contributed by atoms with Gasteiger partial charge >= 0.3 is 0 Å². The van der Waals surface area contributed by atoms with Crippen LogP contribution in [0.2, 0.25) is 0 Å². The van der Waals surface area contributed by atoms with Crippen molar-refractivity contribution in [3.63, 3.8) is 0 Å². The first-order valence-electron chi connectivity index (χ1n) is 12.0. The molecule has 0 aliphatic carbocycles. The number of hydrogen-bond acceptors (Lipinski definition) is 6. The van der Waals surface area contributed by atoms with Crippen LogP contribution in [-0.2, 0) is 0 Å². The number of fused-ring (bicyclic) bond motifs is 1. The summed E-state index contributed by atoms with van der Waals surface area (Å²) in [5.74, 6) is 2.76. The summed E-state index contributed by atoms with van der Waals surface area (Å²) in [4.78, 5) is 4.76. The Kier molecular flexibility index (Phi) is 6.95. The molecule has 6 nitrogen and oxygen atoms in total. The van der Waals surface area contributed by atoms with Gasteiger partial charge in [0.2, 0.25) is 6.79 Å². The summed E-state index contributed by atoms with van der Waals surface area (Å²) >= 11 is 0. The van der Waals surface area contributed by atoms with Crippen molar-refractivity contribution in [1.82, 2.24) is 4.90 Å². The van der Waals surface area contributed by atoms with E-state index in [0.717, 1.165) is 79.0 Å². The molecule has 3 aromatic rings. The van der Waals surface area contributed by atoms with E-state index in [4.69, 9.17) is 18.9 Å². The van der Waals surface area contributed by atoms with Gasteiger partial charge in [-0.3, -0.25) is 4.90 Å². The fraction of sp³-hybridized carbons (Fsp3) is 0.357. The van der Waals surface area contributed by atoms with Gasteiger partial charge in [-0.15, -0.1) is 0 Å². The van der Waals surface area contributed by atoms with Crippen LogP contribution in [-0.4, -0.2) is 51.5 Å². The summed E-state index contributed by atoms with van der Waals surface area (Å²) in [5, 5.41) is 0. The van der Waals surface area contributed by atoms with Gasteiger partial charge in [-0.05, 0) is 66.6 Å². The molecule has 0 radical (unpaired) electrons. The summed E-state index contributed by atoms with van der Waals surface area (Å²) in [5.41, 5.74) is 3.23. The van der Waals surface area contributed by atoms with Crippen molar-refractivity contribution in [2.75, 3.05) is 51.5 Å². The Balaban J connectivity index is 1.27. The van der Waals surface area contributed by atoms with Crippen LogP contribution in [0.1, 0.15) is 23.7 Å². The van der Waals surface area contributed by atoms with Gasteiger partial charge in [0.1, 0.15) is 11.9 Å². The van der Waals surface area contributed by atoms with Crippen molar-refractivity contribution in [2.45, 2.75) is 19.4 Å². The second-order valence-electron chi connectivity index (χ2n) is 8.97.